The molecule has 108 valence electrons. The molecule has 0 aliphatic heterocycles. The minimum atomic E-state index is -0.364. The quantitative estimate of drug-likeness (QED) is 0.692. The van der Waals surface area contributed by atoms with Gasteiger partial charge in [-0.1, -0.05) is 24.3 Å². The molecule has 4 heteroatoms. The van der Waals surface area contributed by atoms with Gasteiger partial charge in [-0.05, 0) is 35.4 Å². The van der Waals surface area contributed by atoms with Gasteiger partial charge in [-0.2, -0.15) is 0 Å². The molecule has 0 aliphatic rings. The van der Waals surface area contributed by atoms with Gasteiger partial charge in [0.1, 0.15) is 0 Å². The highest BCUT2D eigenvalue weighted by Crippen LogP contribution is 2.23. The highest BCUT2D eigenvalue weighted by molar-refractivity contribution is 5.90. The molecule has 3 rings (SSSR count). The molecular weight excluding hydrogens is 276 g/mol. The van der Waals surface area contributed by atoms with E-state index in [0.29, 0.717) is 5.56 Å². The van der Waals surface area contributed by atoms with E-state index in [-0.39, 0.29) is 5.97 Å². The van der Waals surface area contributed by atoms with Crippen LogP contribution in [0, 0.1) is 0 Å². The molecule has 0 fully saturated rings. The van der Waals surface area contributed by atoms with Crippen LogP contribution in [0.15, 0.2) is 67.1 Å². The lowest BCUT2D eigenvalue weighted by atomic mass is 10.0. The van der Waals surface area contributed by atoms with Gasteiger partial charge >= 0.3 is 5.97 Å². The van der Waals surface area contributed by atoms with Gasteiger partial charge < -0.3 is 4.74 Å². The largest absolute Gasteiger partial charge is 0.465 e. The van der Waals surface area contributed by atoms with E-state index in [0.717, 1.165) is 22.4 Å². The number of benzene rings is 1. The first-order chi connectivity index (χ1) is 10.8. The predicted octanol–water partition coefficient (Wildman–Crippen LogP) is 3.60. The maximum atomic E-state index is 11.6. The maximum Gasteiger partial charge on any atom is 0.337 e. The lowest BCUT2D eigenvalue weighted by Crippen LogP contribution is -2.01. The number of pyridine rings is 2. The Morgan fingerprint density at radius 3 is 2.18 bits per heavy atom. The van der Waals surface area contributed by atoms with E-state index in [4.69, 9.17) is 4.74 Å². The minimum Gasteiger partial charge on any atom is -0.465 e. The van der Waals surface area contributed by atoms with Crippen molar-refractivity contribution in [3.05, 3.63) is 72.7 Å². The number of rotatable bonds is 3. The monoisotopic (exact) mass is 290 g/mol. The Hall–Kier alpha value is -3.01. The molecule has 1 aromatic carbocycles. The Morgan fingerprint density at radius 1 is 0.864 bits per heavy atom. The van der Waals surface area contributed by atoms with Crippen LogP contribution in [0.1, 0.15) is 10.4 Å². The third kappa shape index (κ3) is 2.86. The fraction of sp³-hybridized carbons (Fsp3) is 0.0556. The van der Waals surface area contributed by atoms with E-state index in [1.807, 2.05) is 36.4 Å². The summed E-state index contributed by atoms with van der Waals surface area (Å²) < 4.78 is 4.73. The fourth-order valence-corrected chi connectivity index (χ4v) is 2.21. The summed E-state index contributed by atoms with van der Waals surface area (Å²) in [6, 6.07) is 15.3. The van der Waals surface area contributed by atoms with Crippen molar-refractivity contribution < 1.29 is 9.53 Å². The topological polar surface area (TPSA) is 52.1 Å². The first-order valence-electron chi connectivity index (χ1n) is 6.83. The zero-order valence-corrected chi connectivity index (χ0v) is 12.1. The van der Waals surface area contributed by atoms with E-state index >= 15 is 0 Å². The number of carbonyl (C=O) groups excluding carboxylic acids is 1. The molecule has 0 aliphatic carbocycles. The number of aromatic nitrogens is 2. The second-order valence-corrected chi connectivity index (χ2v) is 4.73. The third-order valence-electron chi connectivity index (χ3n) is 3.38. The van der Waals surface area contributed by atoms with Gasteiger partial charge in [0, 0.05) is 24.2 Å². The molecule has 4 nitrogen and oxygen atoms in total. The molecule has 0 atom stereocenters. The van der Waals surface area contributed by atoms with Crippen LogP contribution in [0.2, 0.25) is 0 Å². The first-order valence-corrected chi connectivity index (χ1v) is 6.83. The van der Waals surface area contributed by atoms with Gasteiger partial charge in [0.05, 0.1) is 18.4 Å². The molecule has 2 heterocycles. The van der Waals surface area contributed by atoms with E-state index in [1.54, 1.807) is 30.7 Å². The van der Waals surface area contributed by atoms with Crippen LogP contribution in [0.5, 0.6) is 0 Å². The van der Waals surface area contributed by atoms with Crippen LogP contribution in [-0.2, 0) is 4.74 Å². The van der Waals surface area contributed by atoms with Gasteiger partial charge in [0.15, 0.2) is 0 Å². The first kappa shape index (κ1) is 13.9. The summed E-state index contributed by atoms with van der Waals surface area (Å²) in [6.07, 6.45) is 5.15. The molecule has 0 saturated heterocycles. The second kappa shape index (κ2) is 6.18. The van der Waals surface area contributed by atoms with Crippen molar-refractivity contribution in [3.63, 3.8) is 0 Å². The second-order valence-electron chi connectivity index (χ2n) is 4.73. The highest BCUT2D eigenvalue weighted by atomic mass is 16.5. The number of nitrogens with zero attached hydrogens (tertiary/aromatic N) is 2. The number of hydrogen-bond acceptors (Lipinski definition) is 4. The number of esters is 1. The highest BCUT2D eigenvalue weighted by Gasteiger charge is 2.08. The molecule has 0 spiro atoms. The van der Waals surface area contributed by atoms with Gasteiger partial charge in [-0.3, -0.25) is 9.97 Å². The Bertz CT molecular complexity index is 784. The van der Waals surface area contributed by atoms with E-state index < -0.39 is 0 Å². The molecule has 0 radical (unpaired) electrons. The summed E-state index contributed by atoms with van der Waals surface area (Å²) in [6.45, 7) is 0. The molecule has 0 bridgehead atoms. The van der Waals surface area contributed by atoms with E-state index in [1.165, 1.54) is 7.11 Å². The number of methoxy groups -OCH3 is 1. The zero-order chi connectivity index (χ0) is 15.4. The molecule has 0 unspecified atom stereocenters. The van der Waals surface area contributed by atoms with Crippen molar-refractivity contribution in [3.8, 4) is 22.4 Å². The number of hydrogen-bond donors (Lipinski definition) is 0. The fourth-order valence-electron chi connectivity index (χ4n) is 2.21. The van der Waals surface area contributed by atoms with E-state index in [2.05, 4.69) is 9.97 Å². The molecule has 0 amide bonds. The molecule has 22 heavy (non-hydrogen) atoms. The van der Waals surface area contributed by atoms with Crippen LogP contribution >= 0.6 is 0 Å². The Kier molecular flexibility index (Phi) is 3.92. The van der Waals surface area contributed by atoms with Crippen molar-refractivity contribution in [2.75, 3.05) is 7.11 Å². The van der Waals surface area contributed by atoms with Crippen molar-refractivity contribution >= 4 is 5.97 Å². The van der Waals surface area contributed by atoms with Gasteiger partial charge in [-0.15, -0.1) is 0 Å². The van der Waals surface area contributed by atoms with Gasteiger partial charge in [-0.25, -0.2) is 4.79 Å². The lowest BCUT2D eigenvalue weighted by Gasteiger charge is -2.05. The number of carbonyl (C=O) groups is 1. The van der Waals surface area contributed by atoms with Crippen LogP contribution in [0.25, 0.3) is 22.4 Å². The van der Waals surface area contributed by atoms with Crippen molar-refractivity contribution in [1.29, 1.82) is 0 Å². The smallest absolute Gasteiger partial charge is 0.337 e. The zero-order valence-electron chi connectivity index (χ0n) is 12.1. The normalized spacial score (nSPS) is 10.2. The predicted molar refractivity (Wildman–Crippen MR) is 84.2 cm³/mol. The van der Waals surface area contributed by atoms with Crippen molar-refractivity contribution in [1.82, 2.24) is 9.97 Å². The molecular formula is C18H14N2O2. The Morgan fingerprint density at radius 2 is 1.50 bits per heavy atom. The third-order valence-corrected chi connectivity index (χ3v) is 3.38. The summed E-state index contributed by atoms with van der Waals surface area (Å²) >= 11 is 0. The number of ether oxygens (including phenoxy) is 1. The summed E-state index contributed by atoms with van der Waals surface area (Å²) in [5, 5.41) is 0. The average molecular weight is 290 g/mol. The molecule has 3 aromatic rings. The van der Waals surface area contributed by atoms with Gasteiger partial charge in [0.25, 0.3) is 0 Å². The standard InChI is InChI=1S/C18H14N2O2/c1-22-18(21)16-8-11-20-17(12-16)15-4-2-13(3-5-15)14-6-9-19-10-7-14/h2-12H,1H3. The van der Waals surface area contributed by atoms with Crippen molar-refractivity contribution in [2.45, 2.75) is 0 Å². The average Bonchev–Trinajstić information content (AvgIpc) is 2.62. The SMILES string of the molecule is COC(=O)c1ccnc(-c2ccc(-c3ccncc3)cc2)c1. The summed E-state index contributed by atoms with van der Waals surface area (Å²) in [7, 11) is 1.37. The maximum absolute atomic E-state index is 11.6. The van der Waals surface area contributed by atoms with Crippen molar-refractivity contribution in [2.24, 2.45) is 0 Å². The van der Waals surface area contributed by atoms with Crippen LogP contribution in [0.4, 0.5) is 0 Å². The Balaban J connectivity index is 1.92. The van der Waals surface area contributed by atoms with Gasteiger partial charge in [0.2, 0.25) is 0 Å². The summed E-state index contributed by atoms with van der Waals surface area (Å²) in [5.41, 5.74) is 4.39. The molecule has 0 N–H and O–H groups in total. The van der Waals surface area contributed by atoms with E-state index in [9.17, 15) is 4.79 Å². The minimum absolute atomic E-state index is 0.364. The van der Waals surface area contributed by atoms with Crippen LogP contribution in [0.3, 0.4) is 0 Å². The lowest BCUT2D eigenvalue weighted by molar-refractivity contribution is 0.0600. The Labute approximate surface area is 128 Å². The summed E-state index contributed by atoms with van der Waals surface area (Å²) in [4.78, 5) is 19.9. The molecule has 2 aromatic heterocycles. The summed E-state index contributed by atoms with van der Waals surface area (Å²) in [5.74, 6) is -0.364. The molecule has 0 saturated carbocycles. The van der Waals surface area contributed by atoms with Crippen LogP contribution in [-0.4, -0.2) is 23.0 Å². The van der Waals surface area contributed by atoms with Crippen LogP contribution < -0.4 is 0 Å².